The number of rotatable bonds is 7. The molecule has 0 bridgehead atoms. The molecule has 1 aromatic carbocycles. The first-order valence-corrected chi connectivity index (χ1v) is 7.39. The van der Waals surface area contributed by atoms with Crippen LogP contribution in [0.1, 0.15) is 27.3 Å². The maximum absolute atomic E-state index is 12.4. The number of para-hydroxylation sites is 1. The number of nitrogens with zero attached hydrogens (tertiary/aromatic N) is 2. The molecule has 0 unspecified atom stereocenters. The Balaban J connectivity index is 2.11. The van der Waals surface area contributed by atoms with Crippen molar-refractivity contribution in [3.05, 3.63) is 52.8 Å². The van der Waals surface area contributed by atoms with Crippen molar-refractivity contribution in [3.63, 3.8) is 0 Å². The zero-order valence-electron chi connectivity index (χ0n) is 13.6. The summed E-state index contributed by atoms with van der Waals surface area (Å²) in [4.78, 5) is 12.4. The Morgan fingerprint density at radius 2 is 2.04 bits per heavy atom. The number of aromatic nitrogens is 1. The third kappa shape index (κ3) is 3.79. The standard InChI is InChI=1S/C18H20N2O3/c1-13-10-16(14(2)20(13)8-9-22-3)17(21)12-23-18-7-5-4-6-15(18)11-19/h4-7,10H,8-9,12H2,1-3H3. The van der Waals surface area contributed by atoms with Gasteiger partial charge in [0.25, 0.3) is 0 Å². The highest BCUT2D eigenvalue weighted by Gasteiger charge is 2.16. The minimum Gasteiger partial charge on any atom is -0.484 e. The molecule has 0 fully saturated rings. The van der Waals surface area contributed by atoms with Crippen molar-refractivity contribution in [2.45, 2.75) is 20.4 Å². The lowest BCUT2D eigenvalue weighted by Gasteiger charge is -2.09. The number of ether oxygens (including phenoxy) is 2. The molecule has 0 amide bonds. The summed E-state index contributed by atoms with van der Waals surface area (Å²) in [5.41, 5.74) is 2.99. The molecule has 0 aliphatic carbocycles. The summed E-state index contributed by atoms with van der Waals surface area (Å²) >= 11 is 0. The van der Waals surface area contributed by atoms with E-state index in [0.29, 0.717) is 30.0 Å². The highest BCUT2D eigenvalue weighted by Crippen LogP contribution is 2.19. The first kappa shape index (κ1) is 16.8. The SMILES string of the molecule is COCCn1c(C)cc(C(=O)COc2ccccc2C#N)c1C. The molecule has 2 aromatic rings. The van der Waals surface area contributed by atoms with E-state index in [4.69, 9.17) is 14.7 Å². The average molecular weight is 312 g/mol. The third-order valence-electron chi connectivity index (χ3n) is 3.76. The summed E-state index contributed by atoms with van der Waals surface area (Å²) < 4.78 is 12.7. The fourth-order valence-corrected chi connectivity index (χ4v) is 2.52. The normalized spacial score (nSPS) is 10.3. The largest absolute Gasteiger partial charge is 0.484 e. The van der Waals surface area contributed by atoms with Crippen LogP contribution in [-0.4, -0.2) is 30.7 Å². The number of hydrogen-bond donors (Lipinski definition) is 0. The maximum Gasteiger partial charge on any atom is 0.202 e. The van der Waals surface area contributed by atoms with Crippen LogP contribution in [0.5, 0.6) is 5.75 Å². The van der Waals surface area contributed by atoms with Crippen LogP contribution in [0.15, 0.2) is 30.3 Å². The molecular formula is C18H20N2O3. The molecule has 5 heteroatoms. The topological polar surface area (TPSA) is 64.2 Å². The predicted octanol–water partition coefficient (Wildman–Crippen LogP) is 2.88. The molecule has 5 nitrogen and oxygen atoms in total. The van der Waals surface area contributed by atoms with Crippen molar-refractivity contribution < 1.29 is 14.3 Å². The number of methoxy groups -OCH3 is 1. The van der Waals surface area contributed by atoms with Gasteiger partial charge in [0.05, 0.1) is 12.2 Å². The van der Waals surface area contributed by atoms with E-state index in [2.05, 4.69) is 10.6 Å². The zero-order chi connectivity index (χ0) is 16.8. The highest BCUT2D eigenvalue weighted by molar-refractivity contribution is 5.98. The molecule has 0 radical (unpaired) electrons. The van der Waals surface area contributed by atoms with Crippen LogP contribution in [0.4, 0.5) is 0 Å². The number of carbonyl (C=O) groups excluding carboxylic acids is 1. The van der Waals surface area contributed by atoms with E-state index in [0.717, 1.165) is 11.4 Å². The van der Waals surface area contributed by atoms with Gasteiger partial charge in [-0.15, -0.1) is 0 Å². The molecule has 0 aliphatic rings. The first-order valence-electron chi connectivity index (χ1n) is 7.39. The van der Waals surface area contributed by atoms with E-state index >= 15 is 0 Å². The van der Waals surface area contributed by atoms with Gasteiger partial charge in [-0.25, -0.2) is 0 Å². The van der Waals surface area contributed by atoms with Crippen LogP contribution in [0, 0.1) is 25.2 Å². The minimum absolute atomic E-state index is 0.0900. The van der Waals surface area contributed by atoms with Gasteiger partial charge in [-0.1, -0.05) is 12.1 Å². The Bertz CT molecular complexity index is 741. The summed E-state index contributed by atoms with van der Waals surface area (Å²) in [6.07, 6.45) is 0. The second-order valence-electron chi connectivity index (χ2n) is 5.25. The smallest absolute Gasteiger partial charge is 0.202 e. The van der Waals surface area contributed by atoms with E-state index in [-0.39, 0.29) is 12.4 Å². The molecule has 0 atom stereocenters. The molecule has 0 saturated heterocycles. The van der Waals surface area contributed by atoms with Crippen LogP contribution in [0.25, 0.3) is 0 Å². The van der Waals surface area contributed by atoms with Crippen LogP contribution >= 0.6 is 0 Å². The molecule has 0 saturated carbocycles. The van der Waals surface area contributed by atoms with Crippen LogP contribution in [-0.2, 0) is 11.3 Å². The van der Waals surface area contributed by atoms with Crippen LogP contribution in [0.3, 0.4) is 0 Å². The van der Waals surface area contributed by atoms with Crippen molar-refractivity contribution in [2.75, 3.05) is 20.3 Å². The van der Waals surface area contributed by atoms with Gasteiger partial charge in [0.1, 0.15) is 11.8 Å². The van der Waals surface area contributed by atoms with E-state index in [1.807, 2.05) is 19.9 Å². The van der Waals surface area contributed by atoms with Crippen molar-refractivity contribution in [2.24, 2.45) is 0 Å². The predicted molar refractivity (Wildman–Crippen MR) is 86.8 cm³/mol. The van der Waals surface area contributed by atoms with E-state index in [9.17, 15) is 4.79 Å². The number of benzene rings is 1. The van der Waals surface area contributed by atoms with Crippen molar-refractivity contribution in [1.29, 1.82) is 5.26 Å². The second kappa shape index (κ2) is 7.61. The Morgan fingerprint density at radius 1 is 1.30 bits per heavy atom. The lowest BCUT2D eigenvalue weighted by atomic mass is 10.1. The van der Waals surface area contributed by atoms with Crippen molar-refractivity contribution in [1.82, 2.24) is 4.57 Å². The van der Waals surface area contributed by atoms with E-state index in [1.165, 1.54) is 0 Å². The number of carbonyl (C=O) groups is 1. The van der Waals surface area contributed by atoms with E-state index < -0.39 is 0 Å². The van der Waals surface area contributed by atoms with Gasteiger partial charge in [-0.2, -0.15) is 5.26 Å². The number of ketones is 1. The molecule has 0 N–H and O–H groups in total. The summed E-state index contributed by atoms with van der Waals surface area (Å²) in [7, 11) is 1.65. The zero-order valence-corrected chi connectivity index (χ0v) is 13.6. The van der Waals surface area contributed by atoms with Crippen molar-refractivity contribution >= 4 is 5.78 Å². The highest BCUT2D eigenvalue weighted by atomic mass is 16.5. The monoisotopic (exact) mass is 312 g/mol. The minimum atomic E-state index is -0.102. The summed E-state index contributed by atoms with van der Waals surface area (Å²) in [5, 5.41) is 9.04. The van der Waals surface area contributed by atoms with Gasteiger partial charge in [0, 0.05) is 30.6 Å². The Labute approximate surface area is 136 Å². The molecule has 2 rings (SSSR count). The lowest BCUT2D eigenvalue weighted by molar-refractivity contribution is 0.0920. The molecule has 120 valence electrons. The number of nitriles is 1. The Hall–Kier alpha value is -2.58. The first-order chi connectivity index (χ1) is 11.1. The second-order valence-corrected chi connectivity index (χ2v) is 5.25. The van der Waals surface area contributed by atoms with Gasteiger partial charge in [-0.05, 0) is 32.0 Å². The molecule has 1 heterocycles. The van der Waals surface area contributed by atoms with Gasteiger partial charge in [-0.3, -0.25) is 4.79 Å². The molecule has 0 aliphatic heterocycles. The number of aryl methyl sites for hydroxylation is 1. The van der Waals surface area contributed by atoms with Gasteiger partial charge < -0.3 is 14.0 Å². The van der Waals surface area contributed by atoms with E-state index in [1.54, 1.807) is 31.4 Å². The number of hydrogen-bond acceptors (Lipinski definition) is 4. The summed E-state index contributed by atoms with van der Waals surface area (Å²) in [5.74, 6) is 0.325. The summed E-state index contributed by atoms with van der Waals surface area (Å²) in [6, 6.07) is 10.8. The molecule has 1 aromatic heterocycles. The van der Waals surface area contributed by atoms with Crippen molar-refractivity contribution in [3.8, 4) is 11.8 Å². The molecule has 0 spiro atoms. The Kier molecular flexibility index (Phi) is 5.56. The Morgan fingerprint density at radius 3 is 2.74 bits per heavy atom. The fourth-order valence-electron chi connectivity index (χ4n) is 2.52. The summed E-state index contributed by atoms with van der Waals surface area (Å²) in [6.45, 7) is 5.09. The number of Topliss-reactive ketones (excluding diaryl/α,β-unsaturated/α-hetero) is 1. The molecule has 23 heavy (non-hydrogen) atoms. The van der Waals surface area contributed by atoms with Gasteiger partial charge in [0.15, 0.2) is 6.61 Å². The van der Waals surface area contributed by atoms with Crippen LogP contribution in [0.2, 0.25) is 0 Å². The van der Waals surface area contributed by atoms with Gasteiger partial charge >= 0.3 is 0 Å². The average Bonchev–Trinajstić information content (AvgIpc) is 2.85. The van der Waals surface area contributed by atoms with Gasteiger partial charge in [0.2, 0.25) is 5.78 Å². The lowest BCUT2D eigenvalue weighted by Crippen LogP contribution is -2.14. The fraction of sp³-hybridized carbons (Fsp3) is 0.333. The quantitative estimate of drug-likeness (QED) is 0.737. The maximum atomic E-state index is 12.4. The van der Waals surface area contributed by atoms with Crippen LogP contribution < -0.4 is 4.74 Å². The molecular weight excluding hydrogens is 292 g/mol. The third-order valence-corrected chi connectivity index (χ3v) is 3.76.